The van der Waals surface area contributed by atoms with Crippen LogP contribution in [0.3, 0.4) is 0 Å². The summed E-state index contributed by atoms with van der Waals surface area (Å²) in [6.45, 7) is 0.414. The van der Waals surface area contributed by atoms with Crippen molar-refractivity contribution in [2.45, 2.75) is 0 Å². The Hall–Kier alpha value is -1.45. The van der Waals surface area contributed by atoms with Crippen molar-refractivity contribution in [3.8, 4) is 0 Å². The Kier molecular flexibility index (Phi) is 0.943. The van der Waals surface area contributed by atoms with Gasteiger partial charge in [0, 0.05) is 6.21 Å². The van der Waals surface area contributed by atoms with Crippen molar-refractivity contribution in [3.63, 3.8) is 0 Å². The van der Waals surface area contributed by atoms with Crippen LogP contribution in [0.5, 0.6) is 0 Å². The van der Waals surface area contributed by atoms with Gasteiger partial charge in [0.25, 0.3) is 0 Å². The summed E-state index contributed by atoms with van der Waals surface area (Å²) in [5.74, 6) is 0.593. The molecule has 0 atom stereocenters. The SMILES string of the molecule is O[N+]1=CC=C2C=NCN=C21. The Balaban J connectivity index is 2.45. The highest BCUT2D eigenvalue weighted by atomic mass is 16.5. The van der Waals surface area contributed by atoms with Gasteiger partial charge in [-0.2, -0.15) is 0 Å². The van der Waals surface area contributed by atoms with E-state index in [2.05, 4.69) is 9.98 Å². The monoisotopic (exact) mass is 136 g/mol. The van der Waals surface area contributed by atoms with Gasteiger partial charge in [-0.25, -0.2) is 4.99 Å². The van der Waals surface area contributed by atoms with Crippen LogP contribution >= 0.6 is 0 Å². The minimum Gasteiger partial charge on any atom is -0.350 e. The van der Waals surface area contributed by atoms with Crippen LogP contribution in [0.15, 0.2) is 21.6 Å². The predicted octanol–water partition coefficient (Wildman–Crippen LogP) is -0.161. The normalized spacial score (nSPS) is 21.4. The highest BCUT2D eigenvalue weighted by molar-refractivity contribution is 6.17. The zero-order chi connectivity index (χ0) is 6.97. The maximum atomic E-state index is 9.06. The lowest BCUT2D eigenvalue weighted by Gasteiger charge is -1.94. The number of allylic oxidation sites excluding steroid dienone is 1. The Morgan fingerprint density at radius 2 is 2.50 bits per heavy atom. The Bertz CT molecular complexity index is 285. The molecule has 4 heteroatoms. The minimum absolute atomic E-state index is 0.414. The van der Waals surface area contributed by atoms with Crippen LogP contribution in [0.2, 0.25) is 0 Å². The van der Waals surface area contributed by atoms with E-state index in [1.54, 1.807) is 18.5 Å². The molecule has 0 saturated heterocycles. The quantitative estimate of drug-likeness (QED) is 0.365. The summed E-state index contributed by atoms with van der Waals surface area (Å²) in [5.41, 5.74) is 0.869. The second-order valence-electron chi connectivity index (χ2n) is 2.05. The van der Waals surface area contributed by atoms with E-state index >= 15 is 0 Å². The number of fused-ring (bicyclic) bond motifs is 1. The van der Waals surface area contributed by atoms with Crippen LogP contribution in [0.25, 0.3) is 0 Å². The summed E-state index contributed by atoms with van der Waals surface area (Å²) >= 11 is 0. The Labute approximate surface area is 57.5 Å². The second-order valence-corrected chi connectivity index (χ2v) is 2.05. The number of nitrogens with zero attached hydrogens (tertiary/aromatic N) is 3. The van der Waals surface area contributed by atoms with Gasteiger partial charge in [-0.3, -0.25) is 0 Å². The van der Waals surface area contributed by atoms with Gasteiger partial charge in [0.2, 0.25) is 6.67 Å². The van der Waals surface area contributed by atoms with E-state index < -0.39 is 0 Å². The van der Waals surface area contributed by atoms with E-state index in [4.69, 9.17) is 5.21 Å². The van der Waals surface area contributed by atoms with E-state index in [0.29, 0.717) is 12.5 Å². The zero-order valence-electron chi connectivity index (χ0n) is 5.23. The lowest BCUT2D eigenvalue weighted by atomic mass is 10.3. The molecule has 0 aromatic rings. The minimum atomic E-state index is 0.414. The Morgan fingerprint density at radius 3 is 3.30 bits per heavy atom. The molecule has 2 aliphatic rings. The summed E-state index contributed by atoms with van der Waals surface area (Å²) in [6.07, 6.45) is 5.02. The molecule has 0 fully saturated rings. The first-order valence-corrected chi connectivity index (χ1v) is 2.96. The summed E-state index contributed by atoms with van der Waals surface area (Å²) in [5, 5.41) is 9.06. The second kappa shape index (κ2) is 1.76. The topological polar surface area (TPSA) is 48.0 Å². The van der Waals surface area contributed by atoms with Crippen molar-refractivity contribution < 1.29 is 9.95 Å². The molecule has 0 aromatic heterocycles. The molecule has 0 aromatic carbocycles. The fourth-order valence-corrected chi connectivity index (χ4v) is 0.940. The third-order valence-corrected chi connectivity index (χ3v) is 1.40. The van der Waals surface area contributed by atoms with Crippen molar-refractivity contribution in [2.24, 2.45) is 9.98 Å². The zero-order valence-corrected chi connectivity index (χ0v) is 5.23. The van der Waals surface area contributed by atoms with Crippen LogP contribution < -0.4 is 0 Å². The van der Waals surface area contributed by atoms with Crippen LogP contribution in [-0.4, -0.2) is 34.9 Å². The maximum absolute atomic E-state index is 9.06. The van der Waals surface area contributed by atoms with Crippen molar-refractivity contribution in [2.75, 3.05) is 6.67 Å². The van der Waals surface area contributed by atoms with E-state index in [-0.39, 0.29) is 0 Å². The molecule has 0 spiro atoms. The lowest BCUT2D eigenvalue weighted by Crippen LogP contribution is -2.18. The van der Waals surface area contributed by atoms with Gasteiger partial charge in [0.05, 0.1) is 5.57 Å². The average Bonchev–Trinajstić information content (AvgIpc) is 2.34. The van der Waals surface area contributed by atoms with E-state index in [1.807, 2.05) is 0 Å². The lowest BCUT2D eigenvalue weighted by molar-refractivity contribution is -0.683. The van der Waals surface area contributed by atoms with Crippen molar-refractivity contribution in [3.05, 3.63) is 11.6 Å². The molecular formula is C6H6N3O+. The first kappa shape index (κ1) is 5.34. The Morgan fingerprint density at radius 1 is 1.60 bits per heavy atom. The number of hydroxylamine groups is 1. The predicted molar refractivity (Wildman–Crippen MR) is 37.0 cm³/mol. The smallest absolute Gasteiger partial charge is 0.350 e. The molecule has 0 unspecified atom stereocenters. The van der Waals surface area contributed by atoms with Crippen LogP contribution in [0.1, 0.15) is 0 Å². The molecule has 4 nitrogen and oxygen atoms in total. The first-order chi connectivity index (χ1) is 4.88. The van der Waals surface area contributed by atoms with Gasteiger partial charge in [-0.05, 0) is 10.8 Å². The number of rotatable bonds is 0. The molecule has 2 heterocycles. The highest BCUT2D eigenvalue weighted by Crippen LogP contribution is 2.05. The molecular weight excluding hydrogens is 130 g/mol. The van der Waals surface area contributed by atoms with Crippen LogP contribution in [-0.2, 0) is 0 Å². The molecule has 0 amide bonds. The van der Waals surface area contributed by atoms with Crippen molar-refractivity contribution in [1.29, 1.82) is 0 Å². The molecule has 50 valence electrons. The standard InChI is InChI=1S/C6H6N3O/c10-9-2-1-5-3-7-4-8-6(5)9/h1-3,10H,4H2/q+1. The average molecular weight is 136 g/mol. The van der Waals surface area contributed by atoms with Gasteiger partial charge < -0.3 is 5.21 Å². The molecule has 0 bridgehead atoms. The fourth-order valence-electron chi connectivity index (χ4n) is 0.940. The molecule has 0 aliphatic carbocycles. The van der Waals surface area contributed by atoms with Gasteiger partial charge >= 0.3 is 5.84 Å². The molecule has 0 saturated carbocycles. The van der Waals surface area contributed by atoms with Crippen molar-refractivity contribution >= 4 is 18.3 Å². The van der Waals surface area contributed by atoms with Gasteiger partial charge in [-0.15, -0.1) is 0 Å². The number of aliphatic imine (C=N–C) groups is 2. The molecule has 0 radical (unpaired) electrons. The highest BCUT2D eigenvalue weighted by Gasteiger charge is 2.24. The van der Waals surface area contributed by atoms with Crippen LogP contribution in [0, 0.1) is 0 Å². The molecule has 1 N–H and O–H groups in total. The van der Waals surface area contributed by atoms with E-state index in [1.165, 1.54) is 0 Å². The summed E-state index contributed by atoms with van der Waals surface area (Å²) in [6, 6.07) is 0. The maximum Gasteiger partial charge on any atom is 0.366 e. The number of amidine groups is 1. The van der Waals surface area contributed by atoms with Gasteiger partial charge in [-0.1, -0.05) is 4.99 Å². The van der Waals surface area contributed by atoms with Crippen LogP contribution in [0.4, 0.5) is 0 Å². The molecule has 10 heavy (non-hydrogen) atoms. The largest absolute Gasteiger partial charge is 0.366 e. The fraction of sp³-hybridized carbons (Fsp3) is 0.167. The third kappa shape index (κ3) is 0.586. The summed E-state index contributed by atoms with van der Waals surface area (Å²) in [4.78, 5) is 7.88. The molecule has 2 aliphatic heterocycles. The number of hydrogen-bond acceptors (Lipinski definition) is 3. The van der Waals surface area contributed by atoms with Crippen molar-refractivity contribution in [1.82, 2.24) is 0 Å². The first-order valence-electron chi connectivity index (χ1n) is 2.96. The number of hydrogen-bond donors (Lipinski definition) is 1. The van der Waals surface area contributed by atoms with Gasteiger partial charge in [0.1, 0.15) is 6.21 Å². The molecule has 2 rings (SSSR count). The van der Waals surface area contributed by atoms with E-state index in [9.17, 15) is 0 Å². The van der Waals surface area contributed by atoms with E-state index in [0.717, 1.165) is 10.3 Å². The summed E-state index contributed by atoms with van der Waals surface area (Å²) < 4.78 is 1.00. The third-order valence-electron chi connectivity index (χ3n) is 1.40. The summed E-state index contributed by atoms with van der Waals surface area (Å²) in [7, 11) is 0. The van der Waals surface area contributed by atoms with Gasteiger partial charge in [0.15, 0.2) is 0 Å².